The molecule has 0 saturated carbocycles. The summed E-state index contributed by atoms with van der Waals surface area (Å²) < 4.78 is 0. The molecular weight excluding hydrogens is 270 g/mol. The van der Waals surface area contributed by atoms with Crippen LogP contribution >= 0.6 is 15.9 Å². The van der Waals surface area contributed by atoms with Crippen molar-refractivity contribution < 1.29 is 9.90 Å². The lowest BCUT2D eigenvalue weighted by atomic mass is 10.1. The monoisotopic (exact) mass is 283 g/mol. The summed E-state index contributed by atoms with van der Waals surface area (Å²) in [5.41, 5.74) is 0.399. The van der Waals surface area contributed by atoms with E-state index in [4.69, 9.17) is 0 Å². The van der Waals surface area contributed by atoms with Crippen LogP contribution in [0.2, 0.25) is 0 Å². The molecule has 1 aliphatic rings. The molecule has 0 spiro atoms. The quantitative estimate of drug-likeness (QED) is 0.804. The fourth-order valence-electron chi connectivity index (χ4n) is 1.88. The van der Waals surface area contributed by atoms with Crippen molar-refractivity contribution in [1.82, 2.24) is 4.90 Å². The molecule has 2 rings (SSSR count). The maximum Gasteiger partial charge on any atom is 0.257 e. The van der Waals surface area contributed by atoms with Gasteiger partial charge >= 0.3 is 0 Å². The number of benzene rings is 1. The molecule has 86 valence electrons. The zero-order valence-electron chi connectivity index (χ0n) is 8.90. The van der Waals surface area contributed by atoms with Crippen molar-refractivity contribution in [3.05, 3.63) is 29.8 Å². The summed E-state index contributed by atoms with van der Waals surface area (Å²) in [6.07, 6.45) is 1.94. The first-order valence-electron chi connectivity index (χ1n) is 5.40. The fourth-order valence-corrected chi connectivity index (χ4v) is 2.29. The minimum absolute atomic E-state index is 0.0634. The Kier molecular flexibility index (Phi) is 3.49. The molecular formula is C12H14BrNO2. The molecule has 0 bridgehead atoms. The lowest BCUT2D eigenvalue weighted by Gasteiger charge is -2.29. The van der Waals surface area contributed by atoms with Crippen molar-refractivity contribution in [2.24, 2.45) is 0 Å². The van der Waals surface area contributed by atoms with Crippen molar-refractivity contribution in [3.63, 3.8) is 0 Å². The maximum atomic E-state index is 12.1. The predicted molar refractivity (Wildman–Crippen MR) is 66.0 cm³/mol. The molecule has 1 N–H and O–H groups in total. The van der Waals surface area contributed by atoms with Crippen molar-refractivity contribution in [1.29, 1.82) is 0 Å². The number of piperidine rings is 1. The second-order valence-electron chi connectivity index (χ2n) is 3.98. The Morgan fingerprint density at radius 3 is 2.56 bits per heavy atom. The SMILES string of the molecule is O=C(c1ccccc1O)N1CCC(Br)CC1. The first-order chi connectivity index (χ1) is 7.68. The standard InChI is InChI=1S/C12H14BrNO2/c13-9-5-7-14(8-6-9)12(16)10-3-1-2-4-11(10)15/h1-4,9,15H,5-8H2. The molecule has 4 heteroatoms. The van der Waals surface area contributed by atoms with Crippen molar-refractivity contribution in [2.75, 3.05) is 13.1 Å². The number of alkyl halides is 1. The summed E-state index contributed by atoms with van der Waals surface area (Å²) in [5, 5.41) is 9.61. The highest BCUT2D eigenvalue weighted by molar-refractivity contribution is 9.09. The van der Waals surface area contributed by atoms with Crippen LogP contribution in [0.3, 0.4) is 0 Å². The number of para-hydroxylation sites is 1. The van der Waals surface area contributed by atoms with Gasteiger partial charge in [0.25, 0.3) is 5.91 Å². The number of hydrogen-bond acceptors (Lipinski definition) is 2. The van der Waals surface area contributed by atoms with E-state index in [9.17, 15) is 9.90 Å². The second kappa shape index (κ2) is 4.87. The number of amides is 1. The Balaban J connectivity index is 2.11. The van der Waals surface area contributed by atoms with Gasteiger partial charge in [-0.05, 0) is 25.0 Å². The van der Waals surface area contributed by atoms with E-state index < -0.39 is 0 Å². The van der Waals surface area contributed by atoms with Gasteiger partial charge in [-0.25, -0.2) is 0 Å². The van der Waals surface area contributed by atoms with Crippen LogP contribution in [0.25, 0.3) is 0 Å². The highest BCUT2D eigenvalue weighted by Gasteiger charge is 2.23. The molecule has 0 aromatic heterocycles. The van der Waals surface area contributed by atoms with Gasteiger partial charge in [-0.2, -0.15) is 0 Å². The number of phenolic OH excluding ortho intramolecular Hbond substituents is 1. The number of carbonyl (C=O) groups is 1. The van der Waals surface area contributed by atoms with Crippen LogP contribution in [0.5, 0.6) is 5.75 Å². The van der Waals surface area contributed by atoms with Crippen LogP contribution in [0.1, 0.15) is 23.2 Å². The lowest BCUT2D eigenvalue weighted by Crippen LogP contribution is -2.38. The summed E-state index contributed by atoms with van der Waals surface area (Å²) in [4.78, 5) is 14.4. The molecule has 1 aliphatic heterocycles. The number of nitrogens with zero attached hydrogens (tertiary/aromatic N) is 1. The molecule has 0 aliphatic carbocycles. The largest absolute Gasteiger partial charge is 0.507 e. The Bertz CT molecular complexity index is 386. The van der Waals surface area contributed by atoms with Gasteiger partial charge in [0.05, 0.1) is 5.56 Å². The molecule has 1 heterocycles. The van der Waals surface area contributed by atoms with E-state index in [0.717, 1.165) is 25.9 Å². The second-order valence-corrected chi connectivity index (χ2v) is 5.28. The third-order valence-corrected chi connectivity index (χ3v) is 3.76. The van der Waals surface area contributed by atoms with Crippen LogP contribution < -0.4 is 0 Å². The summed E-state index contributed by atoms with van der Waals surface area (Å²) in [5.74, 6) is -0.00837. The van der Waals surface area contributed by atoms with Crippen LogP contribution in [-0.2, 0) is 0 Å². The molecule has 1 aromatic rings. The van der Waals surface area contributed by atoms with E-state index in [1.165, 1.54) is 0 Å². The molecule has 1 saturated heterocycles. The van der Waals surface area contributed by atoms with E-state index >= 15 is 0 Å². The summed E-state index contributed by atoms with van der Waals surface area (Å²) in [6, 6.07) is 6.70. The number of halogens is 1. The summed E-state index contributed by atoms with van der Waals surface area (Å²) >= 11 is 3.55. The van der Waals surface area contributed by atoms with E-state index in [2.05, 4.69) is 15.9 Å². The molecule has 1 aromatic carbocycles. The van der Waals surface area contributed by atoms with Crippen LogP contribution in [0, 0.1) is 0 Å². The normalized spacial score (nSPS) is 17.4. The average Bonchev–Trinajstić information content (AvgIpc) is 2.30. The number of aromatic hydroxyl groups is 1. The van der Waals surface area contributed by atoms with Gasteiger partial charge in [-0.3, -0.25) is 4.79 Å². The molecule has 1 fully saturated rings. The van der Waals surface area contributed by atoms with Crippen LogP contribution in [0.15, 0.2) is 24.3 Å². The minimum atomic E-state index is -0.0718. The zero-order chi connectivity index (χ0) is 11.5. The number of carbonyl (C=O) groups excluding carboxylic acids is 1. The first-order valence-corrected chi connectivity index (χ1v) is 6.31. The minimum Gasteiger partial charge on any atom is -0.507 e. The number of likely N-dealkylation sites (tertiary alicyclic amines) is 1. The highest BCUT2D eigenvalue weighted by Crippen LogP contribution is 2.22. The predicted octanol–water partition coefficient (Wildman–Crippen LogP) is 2.39. The Morgan fingerprint density at radius 1 is 1.31 bits per heavy atom. The number of rotatable bonds is 1. The zero-order valence-corrected chi connectivity index (χ0v) is 10.5. The van der Waals surface area contributed by atoms with Crippen LogP contribution in [0.4, 0.5) is 0 Å². The van der Waals surface area contributed by atoms with Crippen molar-refractivity contribution in [3.8, 4) is 5.75 Å². The van der Waals surface area contributed by atoms with Crippen molar-refractivity contribution >= 4 is 21.8 Å². The fraction of sp³-hybridized carbons (Fsp3) is 0.417. The van der Waals surface area contributed by atoms with E-state index in [-0.39, 0.29) is 11.7 Å². The van der Waals surface area contributed by atoms with Gasteiger partial charge in [0.15, 0.2) is 0 Å². The van der Waals surface area contributed by atoms with Gasteiger partial charge in [0.1, 0.15) is 5.75 Å². The average molecular weight is 284 g/mol. The summed E-state index contributed by atoms with van der Waals surface area (Å²) in [6.45, 7) is 1.51. The smallest absolute Gasteiger partial charge is 0.257 e. The lowest BCUT2D eigenvalue weighted by molar-refractivity contribution is 0.0725. The van der Waals surface area contributed by atoms with Gasteiger partial charge in [-0.1, -0.05) is 28.1 Å². The third kappa shape index (κ3) is 2.38. The molecule has 1 amide bonds. The first kappa shape index (κ1) is 11.5. The molecule has 0 atom stereocenters. The number of phenols is 1. The Hall–Kier alpha value is -1.03. The molecule has 0 radical (unpaired) electrons. The molecule has 3 nitrogen and oxygen atoms in total. The van der Waals surface area contributed by atoms with Gasteiger partial charge in [0, 0.05) is 17.9 Å². The molecule has 16 heavy (non-hydrogen) atoms. The van der Waals surface area contributed by atoms with Gasteiger partial charge in [0.2, 0.25) is 0 Å². The maximum absolute atomic E-state index is 12.1. The topological polar surface area (TPSA) is 40.5 Å². The Morgan fingerprint density at radius 2 is 1.94 bits per heavy atom. The Labute approximate surface area is 103 Å². The number of hydrogen-bond donors (Lipinski definition) is 1. The third-order valence-electron chi connectivity index (χ3n) is 2.85. The van der Waals surface area contributed by atoms with E-state index in [0.29, 0.717) is 10.4 Å². The summed E-state index contributed by atoms with van der Waals surface area (Å²) in [7, 11) is 0. The van der Waals surface area contributed by atoms with Crippen molar-refractivity contribution in [2.45, 2.75) is 17.7 Å². The van der Waals surface area contributed by atoms with Gasteiger partial charge < -0.3 is 10.0 Å². The van der Waals surface area contributed by atoms with E-state index in [1.807, 2.05) is 0 Å². The van der Waals surface area contributed by atoms with Gasteiger partial charge in [-0.15, -0.1) is 0 Å². The van der Waals surface area contributed by atoms with E-state index in [1.54, 1.807) is 29.2 Å². The van der Waals surface area contributed by atoms with Crippen LogP contribution in [-0.4, -0.2) is 33.8 Å². The molecule has 0 unspecified atom stereocenters. The highest BCUT2D eigenvalue weighted by atomic mass is 79.9.